The van der Waals surface area contributed by atoms with Crippen molar-refractivity contribution < 1.29 is 5.11 Å². The Morgan fingerprint density at radius 1 is 1.06 bits per heavy atom. The van der Waals surface area contributed by atoms with Gasteiger partial charge in [0.25, 0.3) is 0 Å². The summed E-state index contributed by atoms with van der Waals surface area (Å²) < 4.78 is 0. The van der Waals surface area contributed by atoms with Gasteiger partial charge >= 0.3 is 0 Å². The quantitative estimate of drug-likeness (QED) is 0.803. The van der Waals surface area contributed by atoms with E-state index in [2.05, 4.69) is 12.2 Å². The van der Waals surface area contributed by atoms with Gasteiger partial charge in [0.05, 0.1) is 5.60 Å². The lowest BCUT2D eigenvalue weighted by molar-refractivity contribution is -0.168. The van der Waals surface area contributed by atoms with E-state index in [9.17, 15) is 5.11 Å². The first kappa shape index (κ1) is 11.7. The SMILES string of the molecule is CC(O)(CNC1CC1)C12CC3CC(CC(C3)C1)C2. The molecule has 0 heterocycles. The topological polar surface area (TPSA) is 32.3 Å². The average molecular weight is 249 g/mol. The highest BCUT2D eigenvalue weighted by atomic mass is 16.3. The van der Waals surface area contributed by atoms with Gasteiger partial charge in [0.15, 0.2) is 0 Å². The summed E-state index contributed by atoms with van der Waals surface area (Å²) in [6, 6.07) is 0.713. The number of hydrogen-bond acceptors (Lipinski definition) is 2. The maximum absolute atomic E-state index is 11.1. The van der Waals surface area contributed by atoms with Crippen LogP contribution in [-0.4, -0.2) is 23.3 Å². The molecule has 5 rings (SSSR count). The summed E-state index contributed by atoms with van der Waals surface area (Å²) in [6.45, 7) is 2.94. The maximum Gasteiger partial charge on any atom is 0.0799 e. The van der Waals surface area contributed by atoms with E-state index in [1.165, 1.54) is 51.4 Å². The number of nitrogens with one attached hydrogen (secondary N) is 1. The fourth-order valence-corrected chi connectivity index (χ4v) is 5.59. The number of rotatable bonds is 4. The van der Waals surface area contributed by atoms with Gasteiger partial charge in [-0.05, 0) is 76.0 Å². The van der Waals surface area contributed by atoms with Crippen LogP contribution >= 0.6 is 0 Å². The van der Waals surface area contributed by atoms with E-state index in [1.54, 1.807) is 0 Å². The molecule has 0 aliphatic heterocycles. The third kappa shape index (κ3) is 1.76. The zero-order valence-corrected chi connectivity index (χ0v) is 11.6. The van der Waals surface area contributed by atoms with E-state index in [-0.39, 0.29) is 5.41 Å². The monoisotopic (exact) mass is 249 g/mol. The molecule has 18 heavy (non-hydrogen) atoms. The Kier molecular flexibility index (Phi) is 2.43. The Hall–Kier alpha value is -0.0800. The van der Waals surface area contributed by atoms with Gasteiger partial charge in [0, 0.05) is 18.0 Å². The van der Waals surface area contributed by atoms with Crippen molar-refractivity contribution in [3.05, 3.63) is 0 Å². The normalized spacial score (nSPS) is 49.3. The first-order valence-electron chi connectivity index (χ1n) is 8.02. The smallest absolute Gasteiger partial charge is 0.0799 e. The number of hydrogen-bond donors (Lipinski definition) is 2. The molecule has 2 N–H and O–H groups in total. The summed E-state index contributed by atoms with van der Waals surface area (Å²) in [5, 5.41) is 14.7. The standard InChI is InChI=1S/C16H27NO/c1-15(18,10-17-14-2-3-14)16-7-11-4-12(8-16)6-13(5-11)9-16/h11-14,17-18H,2-10H2,1H3. The predicted molar refractivity (Wildman–Crippen MR) is 72.3 cm³/mol. The highest BCUT2D eigenvalue weighted by Crippen LogP contribution is 2.63. The zero-order valence-electron chi connectivity index (χ0n) is 11.6. The van der Waals surface area contributed by atoms with Crippen molar-refractivity contribution in [3.8, 4) is 0 Å². The summed E-state index contributed by atoms with van der Waals surface area (Å²) in [5.41, 5.74) is -0.227. The van der Waals surface area contributed by atoms with E-state index in [0.29, 0.717) is 6.04 Å². The van der Waals surface area contributed by atoms with Crippen molar-refractivity contribution in [2.24, 2.45) is 23.2 Å². The van der Waals surface area contributed by atoms with E-state index >= 15 is 0 Å². The molecule has 5 fully saturated rings. The molecule has 5 aliphatic rings. The van der Waals surface area contributed by atoms with Crippen LogP contribution in [0, 0.1) is 23.2 Å². The van der Waals surface area contributed by atoms with Crippen molar-refractivity contribution in [2.75, 3.05) is 6.54 Å². The third-order valence-corrected chi connectivity index (χ3v) is 6.49. The molecule has 1 atom stereocenters. The minimum Gasteiger partial charge on any atom is -0.388 e. The first-order valence-corrected chi connectivity index (χ1v) is 8.02. The molecule has 0 radical (unpaired) electrons. The van der Waals surface area contributed by atoms with Crippen LogP contribution in [0.4, 0.5) is 0 Å². The van der Waals surface area contributed by atoms with Crippen LogP contribution in [0.15, 0.2) is 0 Å². The summed E-state index contributed by atoms with van der Waals surface area (Å²) in [5.74, 6) is 2.80. The van der Waals surface area contributed by atoms with Crippen molar-refractivity contribution in [2.45, 2.75) is 69.9 Å². The molecule has 2 nitrogen and oxygen atoms in total. The van der Waals surface area contributed by atoms with E-state index in [1.807, 2.05) is 0 Å². The van der Waals surface area contributed by atoms with Gasteiger partial charge in [-0.1, -0.05) is 0 Å². The lowest BCUT2D eigenvalue weighted by Gasteiger charge is -2.61. The Morgan fingerprint density at radius 3 is 2.00 bits per heavy atom. The molecular formula is C16H27NO. The molecule has 5 saturated carbocycles. The zero-order chi connectivity index (χ0) is 12.4. The van der Waals surface area contributed by atoms with Gasteiger partial charge in [-0.3, -0.25) is 0 Å². The van der Waals surface area contributed by atoms with Gasteiger partial charge in [0.1, 0.15) is 0 Å². The second-order valence-electron chi connectivity index (χ2n) is 8.13. The van der Waals surface area contributed by atoms with Crippen LogP contribution in [0.5, 0.6) is 0 Å². The summed E-state index contributed by atoms with van der Waals surface area (Å²) >= 11 is 0. The van der Waals surface area contributed by atoms with Gasteiger partial charge < -0.3 is 10.4 Å². The van der Waals surface area contributed by atoms with E-state index in [0.717, 1.165) is 24.3 Å². The lowest BCUT2D eigenvalue weighted by atomic mass is 9.45. The molecular weight excluding hydrogens is 222 g/mol. The Morgan fingerprint density at radius 2 is 1.56 bits per heavy atom. The molecule has 4 bridgehead atoms. The largest absolute Gasteiger partial charge is 0.388 e. The van der Waals surface area contributed by atoms with Crippen molar-refractivity contribution in [3.63, 3.8) is 0 Å². The third-order valence-electron chi connectivity index (χ3n) is 6.49. The fraction of sp³-hybridized carbons (Fsp3) is 1.00. The summed E-state index contributed by atoms with van der Waals surface area (Å²) in [6.07, 6.45) is 10.9. The molecule has 102 valence electrons. The van der Waals surface area contributed by atoms with Crippen LogP contribution in [0.2, 0.25) is 0 Å². The molecule has 0 amide bonds. The highest BCUT2D eigenvalue weighted by molar-refractivity contribution is 5.09. The Balaban J connectivity index is 1.54. The number of aliphatic hydroxyl groups is 1. The first-order chi connectivity index (χ1) is 8.56. The average Bonchev–Trinajstić information content (AvgIpc) is 3.08. The van der Waals surface area contributed by atoms with Crippen LogP contribution in [-0.2, 0) is 0 Å². The molecule has 0 spiro atoms. The van der Waals surface area contributed by atoms with Crippen LogP contribution in [0.3, 0.4) is 0 Å². The minimum absolute atomic E-state index is 0.254. The Bertz CT molecular complexity index is 310. The van der Waals surface area contributed by atoms with E-state index in [4.69, 9.17) is 0 Å². The molecule has 1 unspecified atom stereocenters. The highest BCUT2D eigenvalue weighted by Gasteiger charge is 2.58. The maximum atomic E-state index is 11.1. The minimum atomic E-state index is -0.481. The van der Waals surface area contributed by atoms with Crippen LogP contribution in [0.25, 0.3) is 0 Å². The molecule has 5 aliphatic carbocycles. The molecule has 0 saturated heterocycles. The van der Waals surface area contributed by atoms with Gasteiger partial charge in [-0.25, -0.2) is 0 Å². The molecule has 2 heteroatoms. The second-order valence-corrected chi connectivity index (χ2v) is 8.13. The van der Waals surface area contributed by atoms with Crippen molar-refractivity contribution in [1.29, 1.82) is 0 Å². The van der Waals surface area contributed by atoms with Gasteiger partial charge in [-0.15, -0.1) is 0 Å². The summed E-state index contributed by atoms with van der Waals surface area (Å²) in [4.78, 5) is 0. The van der Waals surface area contributed by atoms with Gasteiger partial charge in [0.2, 0.25) is 0 Å². The fourth-order valence-electron chi connectivity index (χ4n) is 5.59. The molecule has 0 aromatic carbocycles. The molecule has 0 aromatic rings. The molecule has 0 aromatic heterocycles. The van der Waals surface area contributed by atoms with Crippen molar-refractivity contribution in [1.82, 2.24) is 5.32 Å². The van der Waals surface area contributed by atoms with E-state index < -0.39 is 5.60 Å². The van der Waals surface area contributed by atoms with Gasteiger partial charge in [-0.2, -0.15) is 0 Å². The second kappa shape index (κ2) is 3.73. The van der Waals surface area contributed by atoms with Crippen LogP contribution in [0.1, 0.15) is 58.3 Å². The Labute approximate surface area is 111 Å². The lowest BCUT2D eigenvalue weighted by Crippen LogP contribution is -2.60. The van der Waals surface area contributed by atoms with Crippen molar-refractivity contribution >= 4 is 0 Å². The van der Waals surface area contributed by atoms with Crippen LogP contribution < -0.4 is 5.32 Å². The summed E-state index contributed by atoms with van der Waals surface area (Å²) in [7, 11) is 0. The predicted octanol–water partition coefficient (Wildman–Crippen LogP) is 2.71.